The Bertz CT molecular complexity index is 1260. The first kappa shape index (κ1) is 27.9. The highest BCUT2D eigenvalue weighted by atomic mass is 16.4. The number of aliphatic carboxylic acids is 1. The summed E-state index contributed by atoms with van der Waals surface area (Å²) >= 11 is 0. The smallest absolute Gasteiger partial charge is 0.323 e. The minimum absolute atomic E-state index is 0.0808. The van der Waals surface area contributed by atoms with Crippen molar-refractivity contribution in [2.75, 3.05) is 39.3 Å². The number of guanidine groups is 1. The zero-order valence-corrected chi connectivity index (χ0v) is 21.0. The lowest BCUT2D eigenvalue weighted by atomic mass is 10.1. The first-order valence-electron chi connectivity index (χ1n) is 12.2. The van der Waals surface area contributed by atoms with E-state index in [0.29, 0.717) is 19.3 Å². The number of rotatable bonds is 15. The number of carboxylic acids is 1. The fourth-order valence-electron chi connectivity index (χ4n) is 3.88. The number of aromatic nitrogens is 3. The van der Waals surface area contributed by atoms with E-state index in [4.69, 9.17) is 11.5 Å². The van der Waals surface area contributed by atoms with Gasteiger partial charge in [-0.3, -0.25) is 24.4 Å². The summed E-state index contributed by atoms with van der Waals surface area (Å²) in [6.45, 7) is -0.274. The number of para-hydroxylation sites is 1. The number of fused-ring (bicyclic) bond motifs is 1. The number of nitrogens with zero attached hydrogens (tertiary/aromatic N) is 5. The van der Waals surface area contributed by atoms with Gasteiger partial charge in [0.05, 0.1) is 6.54 Å². The van der Waals surface area contributed by atoms with Gasteiger partial charge < -0.3 is 36.3 Å². The van der Waals surface area contributed by atoms with Gasteiger partial charge in [0.1, 0.15) is 18.9 Å². The van der Waals surface area contributed by atoms with Gasteiger partial charge in [0.15, 0.2) is 5.96 Å². The number of carbonyl (C=O) groups excluding carboxylic acids is 2. The summed E-state index contributed by atoms with van der Waals surface area (Å²) in [6, 6.07) is 7.82. The Hall–Kier alpha value is -4.68. The topological polar surface area (TPSA) is 199 Å². The Balaban J connectivity index is 1.68. The lowest BCUT2D eigenvalue weighted by Gasteiger charge is -2.26. The number of imidazole rings is 1. The van der Waals surface area contributed by atoms with Crippen molar-refractivity contribution in [1.29, 1.82) is 0 Å². The van der Waals surface area contributed by atoms with E-state index < -0.39 is 18.4 Å². The predicted molar refractivity (Wildman–Crippen MR) is 144 cm³/mol. The molecule has 0 saturated carbocycles. The third kappa shape index (κ3) is 8.76. The van der Waals surface area contributed by atoms with Gasteiger partial charge in [-0.05, 0) is 24.5 Å². The number of amides is 2. The van der Waals surface area contributed by atoms with Crippen LogP contribution >= 0.6 is 0 Å². The summed E-state index contributed by atoms with van der Waals surface area (Å²) in [6.07, 6.45) is 8.13. The molecule has 0 aliphatic carbocycles. The number of carboxylic acid groups (broad SMARTS) is 1. The first-order chi connectivity index (χ1) is 18.3. The third-order valence-electron chi connectivity index (χ3n) is 5.76. The summed E-state index contributed by atoms with van der Waals surface area (Å²) in [7, 11) is 0. The zero-order chi connectivity index (χ0) is 27.3. The molecule has 202 valence electrons. The summed E-state index contributed by atoms with van der Waals surface area (Å²) < 4.78 is 0. The van der Waals surface area contributed by atoms with Crippen molar-refractivity contribution in [3.05, 3.63) is 54.2 Å². The van der Waals surface area contributed by atoms with E-state index in [2.05, 4.69) is 24.9 Å². The molecule has 0 unspecified atom stereocenters. The van der Waals surface area contributed by atoms with Gasteiger partial charge in [-0.15, -0.1) is 0 Å². The van der Waals surface area contributed by atoms with Crippen molar-refractivity contribution in [2.45, 2.75) is 19.3 Å². The van der Waals surface area contributed by atoms with E-state index >= 15 is 0 Å². The second kappa shape index (κ2) is 14.2. The molecular formula is C25H33N9O4. The van der Waals surface area contributed by atoms with Gasteiger partial charge in [0, 0.05) is 61.8 Å². The molecule has 2 heterocycles. The Morgan fingerprint density at radius 3 is 2.58 bits per heavy atom. The van der Waals surface area contributed by atoms with E-state index in [1.165, 1.54) is 9.80 Å². The number of carbonyl (C=O) groups is 3. The van der Waals surface area contributed by atoms with E-state index in [9.17, 15) is 19.5 Å². The molecule has 0 radical (unpaired) electrons. The second-order valence-electron chi connectivity index (χ2n) is 8.56. The molecule has 38 heavy (non-hydrogen) atoms. The Morgan fingerprint density at radius 2 is 1.84 bits per heavy atom. The normalized spacial score (nSPS) is 11.1. The molecule has 7 N–H and O–H groups in total. The van der Waals surface area contributed by atoms with E-state index in [0.717, 1.165) is 22.3 Å². The number of hydrogen-bond acceptors (Lipinski definition) is 6. The van der Waals surface area contributed by atoms with Crippen LogP contribution in [-0.4, -0.2) is 99.1 Å². The van der Waals surface area contributed by atoms with Crippen LogP contribution < -0.4 is 11.5 Å². The largest absolute Gasteiger partial charge is 0.480 e. The number of aromatic amines is 2. The highest BCUT2D eigenvalue weighted by molar-refractivity contribution is 5.88. The molecule has 2 aromatic heterocycles. The standard InChI is InChI=1S/C25H33N9O4/c26-25(27)31-8-3-12-33(17-24(37)38)23(36)16-34(22(35)15-28-9-6-21-29-10-11-30-21)13-7-18-14-32-20-5-2-1-4-19(18)20/h1-2,4-5,9-11,14,32H,3,6-8,12-13,15-17H2,(H,29,30)(H,37,38)(H4,26,27,31). The van der Waals surface area contributed by atoms with E-state index in [1.807, 2.05) is 30.5 Å². The van der Waals surface area contributed by atoms with Crippen LogP contribution in [0.15, 0.2) is 52.8 Å². The lowest BCUT2D eigenvalue weighted by molar-refractivity contribution is -0.146. The maximum Gasteiger partial charge on any atom is 0.323 e. The molecule has 3 rings (SSSR count). The number of hydrogen-bond donors (Lipinski definition) is 5. The monoisotopic (exact) mass is 523 g/mol. The minimum Gasteiger partial charge on any atom is -0.480 e. The third-order valence-corrected chi connectivity index (χ3v) is 5.76. The highest BCUT2D eigenvalue weighted by Gasteiger charge is 2.23. The van der Waals surface area contributed by atoms with Crippen molar-refractivity contribution in [1.82, 2.24) is 24.8 Å². The summed E-state index contributed by atoms with van der Waals surface area (Å²) in [4.78, 5) is 58.5. The van der Waals surface area contributed by atoms with Gasteiger partial charge in [0.2, 0.25) is 11.8 Å². The fraction of sp³-hybridized carbons (Fsp3) is 0.360. The van der Waals surface area contributed by atoms with Gasteiger partial charge >= 0.3 is 5.97 Å². The Morgan fingerprint density at radius 1 is 1.05 bits per heavy atom. The van der Waals surface area contributed by atoms with Crippen LogP contribution in [0.3, 0.4) is 0 Å². The van der Waals surface area contributed by atoms with Crippen LogP contribution in [0.4, 0.5) is 0 Å². The van der Waals surface area contributed by atoms with Crippen LogP contribution in [0.25, 0.3) is 10.9 Å². The number of nitrogens with one attached hydrogen (secondary N) is 2. The molecule has 13 heteroatoms. The lowest BCUT2D eigenvalue weighted by Crippen LogP contribution is -2.46. The molecular weight excluding hydrogens is 490 g/mol. The van der Waals surface area contributed by atoms with Crippen molar-refractivity contribution in [3.8, 4) is 0 Å². The molecule has 3 aromatic rings. The minimum atomic E-state index is -1.15. The fourth-order valence-corrected chi connectivity index (χ4v) is 3.88. The van der Waals surface area contributed by atoms with Gasteiger partial charge in [-0.1, -0.05) is 18.2 Å². The van der Waals surface area contributed by atoms with E-state index in [-0.39, 0.29) is 44.6 Å². The number of nitrogens with two attached hydrogens (primary N) is 2. The van der Waals surface area contributed by atoms with Crippen LogP contribution in [0, 0.1) is 0 Å². The maximum absolute atomic E-state index is 13.1. The molecule has 0 saturated heterocycles. The van der Waals surface area contributed by atoms with Crippen LogP contribution in [-0.2, 0) is 27.2 Å². The van der Waals surface area contributed by atoms with Gasteiger partial charge in [0.25, 0.3) is 0 Å². The SMILES string of the molecule is NC(N)=NCCCN(CC(=O)O)C(=O)CN(CCc1c[nH]c2ccccc12)C(=O)CN=CCc1ncc[nH]1. The molecule has 0 aliphatic rings. The average Bonchev–Trinajstić information content (AvgIpc) is 3.55. The Kier molecular flexibility index (Phi) is 10.4. The second-order valence-corrected chi connectivity index (χ2v) is 8.56. The average molecular weight is 524 g/mol. The summed E-state index contributed by atoms with van der Waals surface area (Å²) in [5.74, 6) is -1.34. The molecule has 0 bridgehead atoms. The van der Waals surface area contributed by atoms with Crippen molar-refractivity contribution >= 4 is 40.9 Å². The number of benzene rings is 1. The van der Waals surface area contributed by atoms with Crippen molar-refractivity contribution < 1.29 is 19.5 Å². The molecule has 0 fully saturated rings. The molecule has 1 aromatic carbocycles. The van der Waals surface area contributed by atoms with Crippen LogP contribution in [0.1, 0.15) is 17.8 Å². The number of H-pyrrole nitrogens is 2. The van der Waals surface area contributed by atoms with Gasteiger partial charge in [-0.2, -0.15) is 0 Å². The quantitative estimate of drug-likeness (QED) is 0.106. The molecule has 2 amide bonds. The number of aliphatic imine (C=N–C) groups is 2. The van der Waals surface area contributed by atoms with Crippen molar-refractivity contribution in [3.63, 3.8) is 0 Å². The molecule has 0 atom stereocenters. The van der Waals surface area contributed by atoms with Crippen molar-refractivity contribution in [2.24, 2.45) is 21.5 Å². The molecule has 0 aliphatic heterocycles. The molecule has 0 spiro atoms. The van der Waals surface area contributed by atoms with E-state index in [1.54, 1.807) is 18.6 Å². The summed E-state index contributed by atoms with van der Waals surface area (Å²) in [5, 5.41) is 10.3. The maximum atomic E-state index is 13.1. The Labute approximate surface area is 219 Å². The highest BCUT2D eigenvalue weighted by Crippen LogP contribution is 2.18. The molecule has 13 nitrogen and oxygen atoms in total. The van der Waals surface area contributed by atoms with Crippen LogP contribution in [0.2, 0.25) is 0 Å². The zero-order valence-electron chi connectivity index (χ0n) is 21.0. The van der Waals surface area contributed by atoms with Crippen LogP contribution in [0.5, 0.6) is 0 Å². The first-order valence-corrected chi connectivity index (χ1v) is 12.2. The predicted octanol–water partition coefficient (Wildman–Crippen LogP) is 0.152. The summed E-state index contributed by atoms with van der Waals surface area (Å²) in [5.41, 5.74) is 12.6. The van der Waals surface area contributed by atoms with Gasteiger partial charge in [-0.25, -0.2) is 4.98 Å².